The molecule has 0 bridgehead atoms. The molecule has 0 amide bonds. The minimum atomic E-state index is 0.367. The second-order valence-corrected chi connectivity index (χ2v) is 3.87. The standard InChI is InChI=1S/C15H19N/c1-5-7-12-16(4)15-11-9-8-10-14(15)13(3)6-2/h6-11,13H,1-2,12H2,3-4H3. The number of hydrogen-bond acceptors (Lipinski definition) is 1. The highest BCUT2D eigenvalue weighted by Gasteiger charge is 2.09. The van der Waals surface area contributed by atoms with Gasteiger partial charge in [0.2, 0.25) is 0 Å². The summed E-state index contributed by atoms with van der Waals surface area (Å²) in [6, 6.07) is 8.40. The van der Waals surface area contributed by atoms with Gasteiger partial charge in [0.05, 0.1) is 0 Å². The van der Waals surface area contributed by atoms with Crippen molar-refractivity contribution in [1.29, 1.82) is 0 Å². The van der Waals surface area contributed by atoms with Crippen LogP contribution >= 0.6 is 0 Å². The molecular weight excluding hydrogens is 194 g/mol. The number of para-hydroxylation sites is 1. The van der Waals surface area contributed by atoms with E-state index in [9.17, 15) is 0 Å². The van der Waals surface area contributed by atoms with Gasteiger partial charge >= 0.3 is 0 Å². The van der Waals surface area contributed by atoms with Crippen LogP contribution in [-0.2, 0) is 0 Å². The van der Waals surface area contributed by atoms with Gasteiger partial charge in [-0.25, -0.2) is 0 Å². The molecule has 1 rings (SSSR count). The van der Waals surface area contributed by atoms with Crippen LogP contribution in [0.1, 0.15) is 18.4 Å². The van der Waals surface area contributed by atoms with E-state index in [2.05, 4.69) is 62.0 Å². The number of nitrogens with zero attached hydrogens (tertiary/aromatic N) is 1. The quantitative estimate of drug-likeness (QED) is 0.532. The fourth-order valence-electron chi connectivity index (χ4n) is 1.65. The van der Waals surface area contributed by atoms with Crippen molar-refractivity contribution in [3.05, 3.63) is 60.9 Å². The minimum Gasteiger partial charge on any atom is -0.370 e. The van der Waals surface area contributed by atoms with E-state index >= 15 is 0 Å². The average Bonchev–Trinajstić information content (AvgIpc) is 2.35. The summed E-state index contributed by atoms with van der Waals surface area (Å²) in [6.45, 7) is 10.4. The van der Waals surface area contributed by atoms with E-state index < -0.39 is 0 Å². The molecule has 1 aromatic rings. The molecule has 1 unspecified atom stereocenters. The van der Waals surface area contributed by atoms with Crippen molar-refractivity contribution in [2.24, 2.45) is 0 Å². The summed E-state index contributed by atoms with van der Waals surface area (Å²) in [5.74, 6) is 0.367. The van der Waals surface area contributed by atoms with Crippen molar-refractivity contribution in [1.82, 2.24) is 0 Å². The van der Waals surface area contributed by atoms with Gasteiger partial charge < -0.3 is 4.90 Å². The molecule has 1 heteroatoms. The van der Waals surface area contributed by atoms with Gasteiger partial charge in [-0.1, -0.05) is 37.8 Å². The number of benzene rings is 1. The lowest BCUT2D eigenvalue weighted by Crippen LogP contribution is -2.18. The van der Waals surface area contributed by atoms with Gasteiger partial charge in [0.1, 0.15) is 0 Å². The minimum absolute atomic E-state index is 0.367. The molecule has 0 N–H and O–H groups in total. The summed E-state index contributed by atoms with van der Waals surface area (Å²) in [7, 11) is 2.07. The van der Waals surface area contributed by atoms with Crippen molar-refractivity contribution >= 4 is 5.69 Å². The van der Waals surface area contributed by atoms with Crippen LogP contribution in [0.5, 0.6) is 0 Å². The van der Waals surface area contributed by atoms with Gasteiger partial charge in [-0.05, 0) is 17.7 Å². The maximum absolute atomic E-state index is 3.85. The molecule has 0 fully saturated rings. The van der Waals surface area contributed by atoms with Gasteiger partial charge in [0.15, 0.2) is 0 Å². The molecule has 0 heterocycles. The van der Waals surface area contributed by atoms with E-state index in [1.165, 1.54) is 11.3 Å². The fraction of sp³-hybridized carbons (Fsp3) is 0.267. The van der Waals surface area contributed by atoms with Crippen molar-refractivity contribution in [2.75, 3.05) is 18.5 Å². The highest BCUT2D eigenvalue weighted by molar-refractivity contribution is 5.55. The molecule has 0 radical (unpaired) electrons. The van der Waals surface area contributed by atoms with Crippen LogP contribution in [0.2, 0.25) is 0 Å². The molecule has 0 saturated carbocycles. The van der Waals surface area contributed by atoms with Crippen molar-refractivity contribution < 1.29 is 0 Å². The van der Waals surface area contributed by atoms with Crippen LogP contribution < -0.4 is 4.90 Å². The van der Waals surface area contributed by atoms with Crippen LogP contribution in [0.15, 0.2) is 55.3 Å². The lowest BCUT2D eigenvalue weighted by Gasteiger charge is -2.22. The van der Waals surface area contributed by atoms with Crippen LogP contribution in [0.4, 0.5) is 5.69 Å². The number of anilines is 1. The Hall–Kier alpha value is -1.72. The third-order valence-corrected chi connectivity index (χ3v) is 2.70. The highest BCUT2D eigenvalue weighted by Crippen LogP contribution is 2.27. The van der Waals surface area contributed by atoms with Gasteiger partial charge in [0.25, 0.3) is 0 Å². The lowest BCUT2D eigenvalue weighted by atomic mass is 9.99. The van der Waals surface area contributed by atoms with Crippen LogP contribution in [-0.4, -0.2) is 13.6 Å². The largest absolute Gasteiger partial charge is 0.370 e. The van der Waals surface area contributed by atoms with E-state index in [4.69, 9.17) is 0 Å². The molecule has 0 aliphatic heterocycles. The Morgan fingerprint density at radius 3 is 2.75 bits per heavy atom. The topological polar surface area (TPSA) is 3.24 Å². The Labute approximate surface area is 98.4 Å². The Kier molecular flexibility index (Phi) is 4.63. The Bertz CT molecular complexity index is 400. The summed E-state index contributed by atoms with van der Waals surface area (Å²) in [6.07, 6.45) is 3.89. The van der Waals surface area contributed by atoms with Crippen LogP contribution in [0, 0.1) is 0 Å². The summed E-state index contributed by atoms with van der Waals surface area (Å²) in [4.78, 5) is 2.19. The van der Waals surface area contributed by atoms with Crippen molar-refractivity contribution in [2.45, 2.75) is 12.8 Å². The predicted octanol–water partition coefficient (Wildman–Crippen LogP) is 3.75. The molecule has 0 spiro atoms. The summed E-state index contributed by atoms with van der Waals surface area (Å²) in [5, 5.41) is 0. The van der Waals surface area contributed by atoms with E-state index in [1.807, 2.05) is 12.2 Å². The molecule has 0 saturated heterocycles. The first-order valence-electron chi connectivity index (χ1n) is 5.47. The first-order chi connectivity index (χ1) is 7.70. The van der Waals surface area contributed by atoms with Crippen LogP contribution in [0.25, 0.3) is 0 Å². The van der Waals surface area contributed by atoms with E-state index in [-0.39, 0.29) is 0 Å². The molecule has 0 aromatic heterocycles. The maximum Gasteiger partial charge on any atom is 0.0430 e. The van der Waals surface area contributed by atoms with E-state index in [0.29, 0.717) is 5.92 Å². The smallest absolute Gasteiger partial charge is 0.0430 e. The monoisotopic (exact) mass is 213 g/mol. The lowest BCUT2D eigenvalue weighted by molar-refractivity contribution is 0.934. The molecule has 1 atom stereocenters. The number of allylic oxidation sites excluding steroid dienone is 1. The van der Waals surface area contributed by atoms with Gasteiger partial charge in [-0.2, -0.15) is 0 Å². The Balaban J connectivity index is 3.02. The second kappa shape index (κ2) is 5.99. The molecule has 1 aromatic carbocycles. The number of hydrogen-bond donors (Lipinski definition) is 0. The third kappa shape index (κ3) is 2.88. The van der Waals surface area contributed by atoms with Gasteiger partial charge in [0, 0.05) is 25.2 Å². The van der Waals surface area contributed by atoms with Crippen LogP contribution in [0.3, 0.4) is 0 Å². The highest BCUT2D eigenvalue weighted by atomic mass is 15.1. The fourth-order valence-corrected chi connectivity index (χ4v) is 1.65. The van der Waals surface area contributed by atoms with Crippen molar-refractivity contribution in [3.8, 4) is 0 Å². The summed E-state index contributed by atoms with van der Waals surface area (Å²) < 4.78 is 0. The maximum atomic E-state index is 3.85. The zero-order chi connectivity index (χ0) is 12.0. The average molecular weight is 213 g/mol. The van der Waals surface area contributed by atoms with Gasteiger partial charge in [-0.15, -0.1) is 12.3 Å². The SMILES string of the molecule is C=C=CCN(C)c1ccccc1C(C)C=C. The first-order valence-corrected chi connectivity index (χ1v) is 5.47. The summed E-state index contributed by atoms with van der Waals surface area (Å²) in [5.41, 5.74) is 5.33. The summed E-state index contributed by atoms with van der Waals surface area (Å²) >= 11 is 0. The zero-order valence-electron chi connectivity index (χ0n) is 10.1. The Morgan fingerprint density at radius 2 is 2.12 bits per heavy atom. The predicted molar refractivity (Wildman–Crippen MR) is 72.0 cm³/mol. The van der Waals surface area contributed by atoms with E-state index in [1.54, 1.807) is 0 Å². The molecule has 16 heavy (non-hydrogen) atoms. The Morgan fingerprint density at radius 1 is 1.44 bits per heavy atom. The van der Waals surface area contributed by atoms with Crippen molar-refractivity contribution in [3.63, 3.8) is 0 Å². The number of rotatable bonds is 5. The third-order valence-electron chi connectivity index (χ3n) is 2.70. The molecule has 84 valence electrons. The molecule has 0 aliphatic carbocycles. The second-order valence-electron chi connectivity index (χ2n) is 3.87. The zero-order valence-corrected chi connectivity index (χ0v) is 10.1. The molecular formula is C15H19N. The normalized spacial score (nSPS) is 11.4. The van der Waals surface area contributed by atoms with E-state index in [0.717, 1.165) is 6.54 Å². The van der Waals surface area contributed by atoms with Gasteiger partial charge in [-0.3, -0.25) is 0 Å². The molecule has 1 nitrogen and oxygen atoms in total. The number of likely N-dealkylation sites (N-methyl/N-ethyl adjacent to an activating group) is 1. The molecule has 0 aliphatic rings. The first kappa shape index (κ1) is 12.4.